The van der Waals surface area contributed by atoms with Gasteiger partial charge in [-0.15, -0.1) is 0 Å². The lowest BCUT2D eigenvalue weighted by atomic mass is 9.64. The van der Waals surface area contributed by atoms with E-state index in [1.54, 1.807) is 0 Å². The maximum Gasteiger partial charge on any atom is 0.0626 e. The highest BCUT2D eigenvalue weighted by Gasteiger charge is 2.46. The molecule has 2 fully saturated rings. The summed E-state index contributed by atoms with van der Waals surface area (Å²) in [7, 11) is 0. The van der Waals surface area contributed by atoms with Gasteiger partial charge >= 0.3 is 0 Å². The molecule has 0 heterocycles. The lowest BCUT2D eigenvalue weighted by Gasteiger charge is -2.45. The maximum absolute atomic E-state index is 10.8. The first kappa shape index (κ1) is 15.3. The Hall–Kier alpha value is -0.0800. The molecule has 2 N–H and O–H groups in total. The molecule has 4 unspecified atom stereocenters. The van der Waals surface area contributed by atoms with Gasteiger partial charge in [-0.25, -0.2) is 0 Å². The summed E-state index contributed by atoms with van der Waals surface area (Å²) in [6.45, 7) is 8.83. The first-order valence-corrected chi connectivity index (χ1v) is 8.29. The minimum atomic E-state index is -0.302. The van der Waals surface area contributed by atoms with E-state index in [9.17, 15) is 10.2 Å². The standard InChI is InChI=1S/C17H32O2/c1-10(2)13-7-5-6-12-8-9-14(11(3)4)17(19)15(12)16(13)18/h10-19H,5-9H2,1-4H3/t12?,13-,14+,15?,16?,17?/m1/s1. The van der Waals surface area contributed by atoms with Gasteiger partial charge < -0.3 is 10.2 Å². The zero-order chi connectivity index (χ0) is 14.2. The van der Waals surface area contributed by atoms with Crippen molar-refractivity contribution >= 4 is 0 Å². The Kier molecular flexibility index (Phi) is 4.94. The second-order valence-electron chi connectivity index (χ2n) is 7.64. The molecule has 0 aromatic carbocycles. The van der Waals surface area contributed by atoms with Gasteiger partial charge in [-0.2, -0.15) is 0 Å². The van der Waals surface area contributed by atoms with Gasteiger partial charge in [0.1, 0.15) is 0 Å². The largest absolute Gasteiger partial charge is 0.392 e. The maximum atomic E-state index is 10.8. The van der Waals surface area contributed by atoms with Crippen LogP contribution in [0, 0.1) is 35.5 Å². The quantitative estimate of drug-likeness (QED) is 0.805. The second kappa shape index (κ2) is 6.13. The van der Waals surface area contributed by atoms with Gasteiger partial charge in [0.25, 0.3) is 0 Å². The van der Waals surface area contributed by atoms with Crippen molar-refractivity contribution in [2.24, 2.45) is 35.5 Å². The summed E-state index contributed by atoms with van der Waals surface area (Å²) in [6, 6.07) is 0. The van der Waals surface area contributed by atoms with Gasteiger partial charge in [0.05, 0.1) is 12.2 Å². The van der Waals surface area contributed by atoms with Crippen molar-refractivity contribution in [1.29, 1.82) is 0 Å². The molecule has 19 heavy (non-hydrogen) atoms. The molecule has 0 amide bonds. The SMILES string of the molecule is CC(C)[C@H]1CCCC2CC[C@@H](C(C)C)C(O)C2C1O. The molecule has 6 atom stereocenters. The molecule has 2 aliphatic rings. The lowest BCUT2D eigenvalue weighted by molar-refractivity contribution is -0.101. The Balaban J connectivity index is 2.19. The van der Waals surface area contributed by atoms with E-state index >= 15 is 0 Å². The highest BCUT2D eigenvalue weighted by molar-refractivity contribution is 4.96. The van der Waals surface area contributed by atoms with E-state index in [2.05, 4.69) is 27.7 Å². The first-order valence-electron chi connectivity index (χ1n) is 8.29. The molecule has 2 rings (SSSR count). The van der Waals surface area contributed by atoms with E-state index in [0.29, 0.717) is 29.6 Å². The summed E-state index contributed by atoms with van der Waals surface area (Å²) in [5.74, 6) is 2.45. The summed E-state index contributed by atoms with van der Waals surface area (Å²) in [5, 5.41) is 21.6. The van der Waals surface area contributed by atoms with Crippen LogP contribution in [0.25, 0.3) is 0 Å². The van der Waals surface area contributed by atoms with Gasteiger partial charge in [0.15, 0.2) is 0 Å². The van der Waals surface area contributed by atoms with Gasteiger partial charge in [0.2, 0.25) is 0 Å². The van der Waals surface area contributed by atoms with Gasteiger partial charge in [0, 0.05) is 5.92 Å². The van der Waals surface area contributed by atoms with E-state index in [4.69, 9.17) is 0 Å². The number of aliphatic hydroxyl groups is 2. The Bertz CT molecular complexity index is 287. The van der Waals surface area contributed by atoms with Crippen LogP contribution in [0.1, 0.15) is 59.8 Å². The molecule has 0 spiro atoms. The average molecular weight is 268 g/mol. The van der Waals surface area contributed by atoms with Crippen LogP contribution in [-0.4, -0.2) is 22.4 Å². The molecular weight excluding hydrogens is 236 g/mol. The van der Waals surface area contributed by atoms with Gasteiger partial charge in [-0.05, 0) is 55.3 Å². The fourth-order valence-electron chi connectivity index (χ4n) is 4.68. The molecule has 0 aliphatic heterocycles. The highest BCUT2D eigenvalue weighted by Crippen LogP contribution is 2.46. The molecule has 112 valence electrons. The summed E-state index contributed by atoms with van der Waals surface area (Å²) >= 11 is 0. The third kappa shape index (κ3) is 3.00. The summed E-state index contributed by atoms with van der Waals surface area (Å²) in [5.41, 5.74) is 0. The van der Waals surface area contributed by atoms with Crippen LogP contribution < -0.4 is 0 Å². The van der Waals surface area contributed by atoms with E-state index in [-0.39, 0.29) is 18.1 Å². The smallest absolute Gasteiger partial charge is 0.0626 e. The third-order valence-corrected chi connectivity index (χ3v) is 5.91. The fourth-order valence-corrected chi connectivity index (χ4v) is 4.68. The van der Waals surface area contributed by atoms with E-state index in [0.717, 1.165) is 12.8 Å². The van der Waals surface area contributed by atoms with Crippen LogP contribution in [0.5, 0.6) is 0 Å². The predicted molar refractivity (Wildman–Crippen MR) is 78.7 cm³/mol. The topological polar surface area (TPSA) is 40.5 Å². The van der Waals surface area contributed by atoms with Crippen molar-refractivity contribution in [3.05, 3.63) is 0 Å². The molecule has 0 aromatic rings. The van der Waals surface area contributed by atoms with Crippen LogP contribution >= 0.6 is 0 Å². The monoisotopic (exact) mass is 268 g/mol. The fraction of sp³-hybridized carbons (Fsp3) is 1.00. The van der Waals surface area contributed by atoms with E-state index in [1.807, 2.05) is 0 Å². The van der Waals surface area contributed by atoms with Crippen molar-refractivity contribution in [2.75, 3.05) is 0 Å². The highest BCUT2D eigenvalue weighted by atomic mass is 16.3. The van der Waals surface area contributed by atoms with Crippen molar-refractivity contribution < 1.29 is 10.2 Å². The van der Waals surface area contributed by atoms with Crippen LogP contribution in [0.2, 0.25) is 0 Å². The van der Waals surface area contributed by atoms with Crippen molar-refractivity contribution in [3.63, 3.8) is 0 Å². The Morgan fingerprint density at radius 1 is 0.737 bits per heavy atom. The first-order chi connectivity index (χ1) is 8.93. The molecule has 2 saturated carbocycles. The van der Waals surface area contributed by atoms with Crippen LogP contribution in [0.3, 0.4) is 0 Å². The zero-order valence-corrected chi connectivity index (χ0v) is 13.0. The van der Waals surface area contributed by atoms with Crippen LogP contribution in [0.4, 0.5) is 0 Å². The van der Waals surface area contributed by atoms with Crippen molar-refractivity contribution in [3.8, 4) is 0 Å². The summed E-state index contributed by atoms with van der Waals surface area (Å²) in [4.78, 5) is 0. The minimum Gasteiger partial charge on any atom is -0.392 e. The Labute approximate surface area is 118 Å². The molecule has 2 aliphatic carbocycles. The molecular formula is C17H32O2. The third-order valence-electron chi connectivity index (χ3n) is 5.91. The molecule has 0 aromatic heterocycles. The summed E-state index contributed by atoms with van der Waals surface area (Å²) < 4.78 is 0. The number of hydrogen-bond acceptors (Lipinski definition) is 2. The van der Waals surface area contributed by atoms with Crippen LogP contribution in [-0.2, 0) is 0 Å². The van der Waals surface area contributed by atoms with Crippen molar-refractivity contribution in [1.82, 2.24) is 0 Å². The van der Waals surface area contributed by atoms with Crippen molar-refractivity contribution in [2.45, 2.75) is 72.0 Å². The number of aliphatic hydroxyl groups excluding tert-OH is 2. The lowest BCUT2D eigenvalue weighted by Crippen LogP contribution is -2.48. The molecule has 2 heteroatoms. The van der Waals surface area contributed by atoms with E-state index < -0.39 is 0 Å². The molecule has 0 radical (unpaired) electrons. The predicted octanol–water partition coefficient (Wildman–Crippen LogP) is 3.46. The molecule has 0 saturated heterocycles. The number of hydrogen-bond donors (Lipinski definition) is 2. The van der Waals surface area contributed by atoms with Crippen LogP contribution in [0.15, 0.2) is 0 Å². The Morgan fingerprint density at radius 2 is 1.26 bits per heavy atom. The minimum absolute atomic E-state index is 0.121. The summed E-state index contributed by atoms with van der Waals surface area (Å²) in [6.07, 6.45) is 5.29. The number of fused-ring (bicyclic) bond motifs is 1. The second-order valence-corrected chi connectivity index (χ2v) is 7.64. The van der Waals surface area contributed by atoms with Gasteiger partial charge in [-0.1, -0.05) is 34.1 Å². The molecule has 2 nitrogen and oxygen atoms in total. The normalized spacial score (nSPS) is 44.2. The average Bonchev–Trinajstić information content (AvgIpc) is 2.49. The molecule has 0 bridgehead atoms. The number of rotatable bonds is 2. The Morgan fingerprint density at radius 3 is 1.79 bits per heavy atom. The zero-order valence-electron chi connectivity index (χ0n) is 13.0. The van der Waals surface area contributed by atoms with Gasteiger partial charge in [-0.3, -0.25) is 0 Å². The van der Waals surface area contributed by atoms with E-state index in [1.165, 1.54) is 19.3 Å².